The predicted octanol–water partition coefficient (Wildman–Crippen LogP) is 3.46. The van der Waals surface area contributed by atoms with Crippen LogP contribution in [0.3, 0.4) is 0 Å². The normalized spacial score (nSPS) is 10.9. The van der Waals surface area contributed by atoms with Gasteiger partial charge in [-0.25, -0.2) is 4.98 Å². The Balaban J connectivity index is 1.67. The summed E-state index contributed by atoms with van der Waals surface area (Å²) < 4.78 is 7.09. The highest BCUT2D eigenvalue weighted by atomic mass is 16.3. The Morgan fingerprint density at radius 1 is 1.13 bits per heavy atom. The predicted molar refractivity (Wildman–Crippen MR) is 117 cm³/mol. The third kappa shape index (κ3) is 4.32. The van der Waals surface area contributed by atoms with Crippen molar-refractivity contribution in [2.24, 2.45) is 7.05 Å². The summed E-state index contributed by atoms with van der Waals surface area (Å²) in [4.78, 5) is 32.3. The monoisotopic (exact) mass is 417 g/mol. The summed E-state index contributed by atoms with van der Waals surface area (Å²) in [5.74, 6) is 0.00744. The highest BCUT2D eigenvalue weighted by Gasteiger charge is 2.25. The Morgan fingerprint density at radius 2 is 1.90 bits per heavy atom. The van der Waals surface area contributed by atoms with Crippen LogP contribution in [0.4, 0.5) is 5.69 Å². The third-order valence-corrected chi connectivity index (χ3v) is 4.93. The van der Waals surface area contributed by atoms with Crippen molar-refractivity contribution >= 4 is 28.5 Å². The molecular formula is C23H23N5O3. The van der Waals surface area contributed by atoms with Crippen molar-refractivity contribution in [3.05, 3.63) is 77.5 Å². The molecule has 0 unspecified atom stereocenters. The van der Waals surface area contributed by atoms with Gasteiger partial charge >= 0.3 is 0 Å². The summed E-state index contributed by atoms with van der Waals surface area (Å²) >= 11 is 0. The molecular weight excluding hydrogens is 394 g/mol. The number of pyridine rings is 1. The molecule has 1 N–H and O–H groups in total. The highest BCUT2D eigenvalue weighted by Crippen LogP contribution is 2.24. The van der Waals surface area contributed by atoms with Gasteiger partial charge < -0.3 is 14.6 Å². The van der Waals surface area contributed by atoms with E-state index in [0.717, 1.165) is 0 Å². The van der Waals surface area contributed by atoms with Gasteiger partial charge in [-0.2, -0.15) is 5.10 Å². The third-order valence-electron chi connectivity index (χ3n) is 4.93. The van der Waals surface area contributed by atoms with Crippen LogP contribution in [0.2, 0.25) is 0 Å². The second kappa shape index (κ2) is 8.43. The fourth-order valence-corrected chi connectivity index (χ4v) is 3.59. The minimum atomic E-state index is -0.295. The molecule has 0 radical (unpaired) electrons. The molecule has 0 saturated carbocycles. The number of para-hydroxylation sites is 1. The molecule has 8 heteroatoms. The number of hydrogen-bond donors (Lipinski definition) is 1. The number of benzene rings is 1. The molecule has 3 aromatic heterocycles. The van der Waals surface area contributed by atoms with E-state index in [1.165, 1.54) is 4.90 Å². The minimum absolute atomic E-state index is 0.128. The highest BCUT2D eigenvalue weighted by molar-refractivity contribution is 6.08. The van der Waals surface area contributed by atoms with Gasteiger partial charge in [0.15, 0.2) is 5.65 Å². The maximum atomic E-state index is 13.6. The lowest BCUT2D eigenvalue weighted by atomic mass is 10.1. The molecule has 158 valence electrons. The van der Waals surface area contributed by atoms with Crippen molar-refractivity contribution in [1.29, 1.82) is 0 Å². The molecule has 1 aromatic carbocycles. The van der Waals surface area contributed by atoms with Gasteiger partial charge in [0, 0.05) is 18.4 Å². The number of nitrogens with zero attached hydrogens (tertiary/aromatic N) is 4. The standard InChI is InChI=1S/C23H23N5O3/c1-15-12-19(21-16(2)26-27(3)22(21)24-15)23(30)28(13-18-10-7-11-31-18)14-20(29)25-17-8-5-4-6-9-17/h4-12H,13-14H2,1-3H3,(H,25,29). The van der Waals surface area contributed by atoms with E-state index >= 15 is 0 Å². The van der Waals surface area contributed by atoms with Crippen LogP contribution in [0.25, 0.3) is 11.0 Å². The van der Waals surface area contributed by atoms with Crippen molar-refractivity contribution in [3.8, 4) is 0 Å². The molecule has 0 spiro atoms. The number of rotatable bonds is 6. The Labute approximate surface area is 179 Å². The molecule has 3 heterocycles. The molecule has 4 aromatic rings. The zero-order valence-electron chi connectivity index (χ0n) is 17.6. The molecule has 0 bridgehead atoms. The fourth-order valence-electron chi connectivity index (χ4n) is 3.59. The largest absolute Gasteiger partial charge is 0.467 e. The minimum Gasteiger partial charge on any atom is -0.467 e. The lowest BCUT2D eigenvalue weighted by molar-refractivity contribution is -0.117. The summed E-state index contributed by atoms with van der Waals surface area (Å²) in [6.07, 6.45) is 1.54. The first-order valence-electron chi connectivity index (χ1n) is 9.90. The van der Waals surface area contributed by atoms with Crippen molar-refractivity contribution in [2.45, 2.75) is 20.4 Å². The van der Waals surface area contributed by atoms with Crippen LogP contribution >= 0.6 is 0 Å². The summed E-state index contributed by atoms with van der Waals surface area (Å²) in [6.45, 7) is 3.71. The van der Waals surface area contributed by atoms with Crippen molar-refractivity contribution in [3.63, 3.8) is 0 Å². The number of anilines is 1. The summed E-state index contributed by atoms with van der Waals surface area (Å²) in [5.41, 5.74) is 3.17. The molecule has 8 nitrogen and oxygen atoms in total. The van der Waals surface area contributed by atoms with Gasteiger partial charge in [-0.3, -0.25) is 14.3 Å². The van der Waals surface area contributed by atoms with E-state index < -0.39 is 0 Å². The van der Waals surface area contributed by atoms with Gasteiger partial charge in [0.05, 0.1) is 29.5 Å². The smallest absolute Gasteiger partial charge is 0.255 e. The first kappa shape index (κ1) is 20.3. The number of carbonyl (C=O) groups excluding carboxylic acids is 2. The quantitative estimate of drug-likeness (QED) is 0.519. The number of amides is 2. The first-order valence-corrected chi connectivity index (χ1v) is 9.90. The van der Waals surface area contributed by atoms with Gasteiger partial charge in [-0.15, -0.1) is 0 Å². The number of furan rings is 1. The Kier molecular flexibility index (Phi) is 5.53. The molecule has 2 amide bonds. The van der Waals surface area contributed by atoms with E-state index in [2.05, 4.69) is 15.4 Å². The number of hydrogen-bond acceptors (Lipinski definition) is 5. The Hall–Kier alpha value is -3.94. The Bertz CT molecular complexity index is 1230. The summed E-state index contributed by atoms with van der Waals surface area (Å²) in [5, 5.41) is 7.93. The molecule has 0 aliphatic rings. The van der Waals surface area contributed by atoms with Crippen LogP contribution in [-0.4, -0.2) is 38.0 Å². The van der Waals surface area contributed by atoms with Crippen molar-refractivity contribution in [2.75, 3.05) is 11.9 Å². The second-order valence-electron chi connectivity index (χ2n) is 7.37. The summed E-state index contributed by atoms with van der Waals surface area (Å²) in [7, 11) is 1.80. The van der Waals surface area contributed by atoms with Crippen LogP contribution < -0.4 is 5.32 Å². The van der Waals surface area contributed by atoms with Crippen molar-refractivity contribution < 1.29 is 14.0 Å². The number of aryl methyl sites for hydroxylation is 3. The van der Waals surface area contributed by atoms with E-state index in [4.69, 9.17) is 4.42 Å². The fraction of sp³-hybridized carbons (Fsp3) is 0.217. The number of carbonyl (C=O) groups is 2. The van der Waals surface area contributed by atoms with Gasteiger partial charge in [0.2, 0.25) is 5.91 Å². The lowest BCUT2D eigenvalue weighted by Gasteiger charge is -2.22. The molecule has 0 aliphatic heterocycles. The van der Waals surface area contributed by atoms with E-state index in [1.807, 2.05) is 32.0 Å². The summed E-state index contributed by atoms with van der Waals surface area (Å²) in [6, 6.07) is 14.4. The topological polar surface area (TPSA) is 93.3 Å². The van der Waals surface area contributed by atoms with Gasteiger partial charge in [0.1, 0.15) is 12.3 Å². The number of nitrogens with one attached hydrogen (secondary N) is 1. The van der Waals surface area contributed by atoms with E-state index in [-0.39, 0.29) is 24.9 Å². The van der Waals surface area contributed by atoms with Crippen LogP contribution in [0.1, 0.15) is 27.5 Å². The second-order valence-corrected chi connectivity index (χ2v) is 7.37. The molecule has 0 atom stereocenters. The zero-order chi connectivity index (χ0) is 22.0. The lowest BCUT2D eigenvalue weighted by Crippen LogP contribution is -2.37. The van der Waals surface area contributed by atoms with Crippen LogP contribution in [0.15, 0.2) is 59.2 Å². The van der Waals surface area contributed by atoms with Gasteiger partial charge in [-0.05, 0) is 44.2 Å². The average molecular weight is 417 g/mol. The van der Waals surface area contributed by atoms with Gasteiger partial charge in [-0.1, -0.05) is 18.2 Å². The van der Waals surface area contributed by atoms with Crippen LogP contribution in [-0.2, 0) is 18.4 Å². The van der Waals surface area contributed by atoms with E-state index in [9.17, 15) is 9.59 Å². The van der Waals surface area contributed by atoms with Crippen LogP contribution in [0, 0.1) is 13.8 Å². The molecule has 0 aliphatic carbocycles. The Morgan fingerprint density at radius 3 is 2.61 bits per heavy atom. The van der Waals surface area contributed by atoms with Gasteiger partial charge in [0.25, 0.3) is 5.91 Å². The van der Waals surface area contributed by atoms with Crippen LogP contribution in [0.5, 0.6) is 0 Å². The maximum absolute atomic E-state index is 13.6. The molecule has 4 rings (SSSR count). The zero-order valence-corrected chi connectivity index (χ0v) is 17.6. The molecule has 0 fully saturated rings. The average Bonchev–Trinajstić information content (AvgIpc) is 3.35. The molecule has 0 saturated heterocycles. The molecule has 31 heavy (non-hydrogen) atoms. The number of aromatic nitrogens is 3. The maximum Gasteiger partial charge on any atom is 0.255 e. The van der Waals surface area contributed by atoms with E-state index in [0.29, 0.717) is 39.4 Å². The first-order chi connectivity index (χ1) is 14.9. The van der Waals surface area contributed by atoms with E-state index in [1.54, 1.807) is 48.3 Å². The number of fused-ring (bicyclic) bond motifs is 1. The van der Waals surface area contributed by atoms with Crippen molar-refractivity contribution in [1.82, 2.24) is 19.7 Å². The SMILES string of the molecule is Cc1cc(C(=O)N(CC(=O)Nc2ccccc2)Cc2ccco2)c2c(C)nn(C)c2n1.